The van der Waals surface area contributed by atoms with Gasteiger partial charge in [-0.25, -0.2) is 4.79 Å². The van der Waals surface area contributed by atoms with E-state index >= 15 is 0 Å². The molecule has 1 aliphatic carbocycles. The summed E-state index contributed by atoms with van der Waals surface area (Å²) in [7, 11) is 0. The average molecular weight is 300 g/mol. The molecular weight excluding hydrogens is 268 g/mol. The summed E-state index contributed by atoms with van der Waals surface area (Å²) in [5.41, 5.74) is -1.00. The van der Waals surface area contributed by atoms with Crippen LogP contribution < -0.4 is 10.6 Å². The summed E-state index contributed by atoms with van der Waals surface area (Å²) in [6, 6.07) is 0. The highest BCUT2D eigenvalue weighted by Gasteiger charge is 2.31. The molecule has 0 radical (unpaired) electrons. The average Bonchev–Trinajstić information content (AvgIpc) is 2.31. The summed E-state index contributed by atoms with van der Waals surface area (Å²) in [6.07, 6.45) is 4.56. The van der Waals surface area contributed by atoms with Gasteiger partial charge in [-0.15, -0.1) is 0 Å². The summed E-state index contributed by atoms with van der Waals surface area (Å²) < 4.78 is 5.16. The molecule has 0 bridgehead atoms. The molecular formula is C16H32N2O3. The van der Waals surface area contributed by atoms with E-state index in [-0.39, 0.29) is 6.09 Å². The van der Waals surface area contributed by atoms with Gasteiger partial charge < -0.3 is 20.5 Å². The van der Waals surface area contributed by atoms with E-state index in [2.05, 4.69) is 17.6 Å². The van der Waals surface area contributed by atoms with E-state index in [1.54, 1.807) is 0 Å². The van der Waals surface area contributed by atoms with Gasteiger partial charge in [-0.1, -0.05) is 19.8 Å². The summed E-state index contributed by atoms with van der Waals surface area (Å²) in [5, 5.41) is 16.5. The zero-order valence-corrected chi connectivity index (χ0v) is 14.0. The Morgan fingerprint density at radius 1 is 1.38 bits per heavy atom. The van der Waals surface area contributed by atoms with E-state index in [1.165, 1.54) is 6.42 Å². The molecule has 0 aromatic heterocycles. The number of hydrogen-bond donors (Lipinski definition) is 3. The zero-order valence-electron chi connectivity index (χ0n) is 14.0. The smallest absolute Gasteiger partial charge is 0.407 e. The van der Waals surface area contributed by atoms with Gasteiger partial charge in [0.1, 0.15) is 5.60 Å². The second kappa shape index (κ2) is 7.99. The molecule has 5 nitrogen and oxygen atoms in total. The fourth-order valence-corrected chi connectivity index (χ4v) is 2.83. The minimum absolute atomic E-state index is 0.373. The molecule has 124 valence electrons. The van der Waals surface area contributed by atoms with Crippen LogP contribution in [0.1, 0.15) is 59.8 Å². The Morgan fingerprint density at radius 2 is 2.10 bits per heavy atom. The van der Waals surface area contributed by atoms with Crippen molar-refractivity contribution in [3.05, 3.63) is 0 Å². The molecule has 0 saturated heterocycles. The Morgan fingerprint density at radius 3 is 2.71 bits per heavy atom. The fourth-order valence-electron chi connectivity index (χ4n) is 2.83. The number of ether oxygens (including phenoxy) is 1. The minimum Gasteiger partial charge on any atom is -0.444 e. The second-order valence-corrected chi connectivity index (χ2v) is 7.38. The van der Waals surface area contributed by atoms with Crippen LogP contribution in [0.2, 0.25) is 0 Å². The Bertz CT molecular complexity index is 328. The first-order valence-corrected chi connectivity index (χ1v) is 8.10. The first-order chi connectivity index (χ1) is 9.70. The third-order valence-electron chi connectivity index (χ3n) is 3.72. The largest absolute Gasteiger partial charge is 0.444 e. The van der Waals surface area contributed by atoms with Gasteiger partial charge in [-0.05, 0) is 52.5 Å². The van der Waals surface area contributed by atoms with Crippen LogP contribution >= 0.6 is 0 Å². The summed E-state index contributed by atoms with van der Waals surface area (Å²) in [6.45, 7) is 9.75. The Hall–Kier alpha value is -0.810. The maximum atomic E-state index is 11.4. The topological polar surface area (TPSA) is 70.6 Å². The molecule has 21 heavy (non-hydrogen) atoms. The summed E-state index contributed by atoms with van der Waals surface area (Å²) >= 11 is 0. The normalized spacial score (nSPS) is 26.4. The number of nitrogens with one attached hydrogen (secondary N) is 2. The van der Waals surface area contributed by atoms with Crippen molar-refractivity contribution in [2.75, 3.05) is 19.6 Å². The number of carbonyl (C=O) groups excluding carboxylic acids is 1. The van der Waals surface area contributed by atoms with Crippen molar-refractivity contribution < 1.29 is 14.6 Å². The Kier molecular flexibility index (Phi) is 6.94. The third kappa shape index (κ3) is 8.27. The van der Waals surface area contributed by atoms with Gasteiger partial charge in [0.25, 0.3) is 0 Å². The molecule has 1 fully saturated rings. The van der Waals surface area contributed by atoms with Crippen LogP contribution in [0.3, 0.4) is 0 Å². The summed E-state index contributed by atoms with van der Waals surface area (Å²) in [4.78, 5) is 11.4. The predicted octanol–water partition coefficient (Wildman–Crippen LogP) is 2.43. The molecule has 0 aromatic rings. The molecule has 0 aliphatic heterocycles. The van der Waals surface area contributed by atoms with Crippen LogP contribution in [-0.4, -0.2) is 42.0 Å². The first-order valence-electron chi connectivity index (χ1n) is 8.10. The molecule has 0 aromatic carbocycles. The number of carbonyl (C=O) groups is 1. The number of alkyl carbamates (subject to hydrolysis) is 1. The molecule has 3 N–H and O–H groups in total. The third-order valence-corrected chi connectivity index (χ3v) is 3.72. The van der Waals surface area contributed by atoms with E-state index in [0.29, 0.717) is 19.0 Å². The maximum Gasteiger partial charge on any atom is 0.407 e. The standard InChI is InChI=1S/C16H32N2O3/c1-13-7-5-8-16(20,11-13)12-17-9-6-10-18-14(19)21-15(2,3)4/h13,17,20H,5-12H2,1-4H3,(H,18,19). The number of aliphatic hydroxyl groups is 1. The lowest BCUT2D eigenvalue weighted by Crippen LogP contribution is -2.44. The van der Waals surface area contributed by atoms with E-state index in [1.807, 2.05) is 20.8 Å². The van der Waals surface area contributed by atoms with Gasteiger partial charge in [0.2, 0.25) is 0 Å². The lowest BCUT2D eigenvalue weighted by molar-refractivity contribution is -0.0116. The van der Waals surface area contributed by atoms with E-state index in [4.69, 9.17) is 4.74 Å². The predicted molar refractivity (Wildman–Crippen MR) is 84.3 cm³/mol. The van der Waals surface area contributed by atoms with Crippen LogP contribution in [0.25, 0.3) is 0 Å². The Labute approximate surface area is 128 Å². The Balaban J connectivity index is 2.05. The van der Waals surface area contributed by atoms with Crippen LogP contribution in [0.5, 0.6) is 0 Å². The fraction of sp³-hybridized carbons (Fsp3) is 0.938. The van der Waals surface area contributed by atoms with Crippen LogP contribution in [0, 0.1) is 5.92 Å². The zero-order chi connectivity index (χ0) is 15.9. The molecule has 1 rings (SSSR count). The SMILES string of the molecule is CC1CCCC(O)(CNCCCNC(=O)OC(C)(C)C)C1. The number of hydrogen-bond acceptors (Lipinski definition) is 4. The van der Waals surface area contributed by atoms with Crippen molar-refractivity contribution in [1.82, 2.24) is 10.6 Å². The van der Waals surface area contributed by atoms with Crippen molar-refractivity contribution in [2.24, 2.45) is 5.92 Å². The van der Waals surface area contributed by atoms with Crippen LogP contribution in [-0.2, 0) is 4.74 Å². The molecule has 1 aliphatic rings. The highest BCUT2D eigenvalue weighted by molar-refractivity contribution is 5.67. The quantitative estimate of drug-likeness (QED) is 0.659. The molecule has 1 amide bonds. The molecule has 1 saturated carbocycles. The van der Waals surface area contributed by atoms with E-state index in [9.17, 15) is 9.90 Å². The molecule has 0 spiro atoms. The van der Waals surface area contributed by atoms with Gasteiger partial charge in [-0.3, -0.25) is 0 Å². The van der Waals surface area contributed by atoms with Gasteiger partial charge >= 0.3 is 6.09 Å². The maximum absolute atomic E-state index is 11.4. The molecule has 2 unspecified atom stereocenters. The van der Waals surface area contributed by atoms with Crippen molar-refractivity contribution in [3.63, 3.8) is 0 Å². The number of amides is 1. The van der Waals surface area contributed by atoms with Crippen LogP contribution in [0.4, 0.5) is 4.79 Å². The molecule has 2 atom stereocenters. The van der Waals surface area contributed by atoms with Gasteiger partial charge in [0.05, 0.1) is 5.60 Å². The molecule has 5 heteroatoms. The number of rotatable bonds is 6. The second-order valence-electron chi connectivity index (χ2n) is 7.38. The monoisotopic (exact) mass is 300 g/mol. The molecule has 0 heterocycles. The highest BCUT2D eigenvalue weighted by Crippen LogP contribution is 2.31. The van der Waals surface area contributed by atoms with Crippen molar-refractivity contribution >= 4 is 6.09 Å². The van der Waals surface area contributed by atoms with Crippen molar-refractivity contribution in [3.8, 4) is 0 Å². The van der Waals surface area contributed by atoms with Gasteiger partial charge in [0, 0.05) is 13.1 Å². The first kappa shape index (κ1) is 18.2. The van der Waals surface area contributed by atoms with Crippen LogP contribution in [0.15, 0.2) is 0 Å². The lowest BCUT2D eigenvalue weighted by Gasteiger charge is -2.35. The van der Waals surface area contributed by atoms with Crippen molar-refractivity contribution in [2.45, 2.75) is 71.0 Å². The van der Waals surface area contributed by atoms with Gasteiger partial charge in [0.15, 0.2) is 0 Å². The minimum atomic E-state index is -0.545. The lowest BCUT2D eigenvalue weighted by atomic mass is 9.79. The van der Waals surface area contributed by atoms with Gasteiger partial charge in [-0.2, -0.15) is 0 Å². The van der Waals surface area contributed by atoms with Crippen molar-refractivity contribution in [1.29, 1.82) is 0 Å². The summed E-state index contributed by atoms with van der Waals surface area (Å²) in [5.74, 6) is 0.611. The van der Waals surface area contributed by atoms with E-state index < -0.39 is 11.2 Å². The highest BCUT2D eigenvalue weighted by atomic mass is 16.6. The van der Waals surface area contributed by atoms with E-state index in [0.717, 1.165) is 32.2 Å².